The van der Waals surface area contributed by atoms with Gasteiger partial charge in [0.15, 0.2) is 0 Å². The third-order valence-electron chi connectivity index (χ3n) is 3.73. The lowest BCUT2D eigenvalue weighted by atomic mass is 10.1. The third-order valence-corrected chi connectivity index (χ3v) is 4.25. The molecule has 1 heterocycles. The minimum atomic E-state index is -0.365. The Kier molecular flexibility index (Phi) is 4.41. The van der Waals surface area contributed by atoms with Gasteiger partial charge in [-0.05, 0) is 35.9 Å². The van der Waals surface area contributed by atoms with E-state index in [-0.39, 0.29) is 11.9 Å². The maximum Gasteiger partial charge on any atom is 0.147 e. The van der Waals surface area contributed by atoms with Gasteiger partial charge in [-0.15, -0.1) is 0 Å². The van der Waals surface area contributed by atoms with Gasteiger partial charge in [0.2, 0.25) is 0 Å². The fraction of sp³-hybridized carbons (Fsp3) is 0.235. The maximum atomic E-state index is 14.2. The molecule has 0 saturated carbocycles. The number of anilines is 1. The lowest BCUT2D eigenvalue weighted by Gasteiger charge is -2.35. The average molecular weight is 361 g/mol. The minimum Gasteiger partial charge on any atom is -0.370 e. The molecule has 1 fully saturated rings. The Labute approximate surface area is 137 Å². The fourth-order valence-corrected chi connectivity index (χ4v) is 2.84. The number of nitriles is 1. The van der Waals surface area contributed by atoms with Crippen molar-refractivity contribution in [3.8, 4) is 6.07 Å². The summed E-state index contributed by atoms with van der Waals surface area (Å²) in [5.41, 5.74) is 1.92. The summed E-state index contributed by atoms with van der Waals surface area (Å²) in [6.07, 6.45) is -0.0862. The summed E-state index contributed by atoms with van der Waals surface area (Å²) < 4.78 is 21.0. The predicted molar refractivity (Wildman–Crippen MR) is 86.2 cm³/mol. The molecule has 1 aliphatic heterocycles. The molecule has 0 spiro atoms. The number of halogens is 2. The van der Waals surface area contributed by atoms with E-state index in [1.807, 2.05) is 35.2 Å². The lowest BCUT2D eigenvalue weighted by Crippen LogP contribution is -2.38. The summed E-state index contributed by atoms with van der Waals surface area (Å²) in [4.78, 5) is 1.96. The molecule has 0 aliphatic carbocycles. The SMILES string of the molecule is N#Cc1ccc(N2CCOC(c3ccc(Br)cc3)C2)c(F)c1. The van der Waals surface area contributed by atoms with E-state index in [0.717, 1.165) is 10.0 Å². The Morgan fingerprint density at radius 2 is 2.00 bits per heavy atom. The molecule has 3 nitrogen and oxygen atoms in total. The molecule has 112 valence electrons. The van der Waals surface area contributed by atoms with Crippen LogP contribution in [-0.2, 0) is 4.74 Å². The number of ether oxygens (including phenoxy) is 1. The van der Waals surface area contributed by atoms with Crippen LogP contribution in [0.5, 0.6) is 0 Å². The van der Waals surface area contributed by atoms with Gasteiger partial charge in [0.1, 0.15) is 11.9 Å². The summed E-state index contributed by atoms with van der Waals surface area (Å²) >= 11 is 3.41. The summed E-state index contributed by atoms with van der Waals surface area (Å²) in [5, 5.41) is 8.82. The van der Waals surface area contributed by atoms with Gasteiger partial charge >= 0.3 is 0 Å². The van der Waals surface area contributed by atoms with E-state index in [4.69, 9.17) is 10.00 Å². The Bertz CT molecular complexity index is 712. The largest absolute Gasteiger partial charge is 0.370 e. The Hall–Kier alpha value is -1.90. The zero-order valence-electron chi connectivity index (χ0n) is 11.8. The van der Waals surface area contributed by atoms with Gasteiger partial charge in [-0.3, -0.25) is 0 Å². The van der Waals surface area contributed by atoms with E-state index in [9.17, 15) is 4.39 Å². The van der Waals surface area contributed by atoms with Crippen LogP contribution in [0.2, 0.25) is 0 Å². The average Bonchev–Trinajstić information content (AvgIpc) is 2.55. The smallest absolute Gasteiger partial charge is 0.147 e. The molecule has 0 radical (unpaired) electrons. The predicted octanol–water partition coefficient (Wildman–Crippen LogP) is 4.04. The van der Waals surface area contributed by atoms with Crippen LogP contribution in [0.25, 0.3) is 0 Å². The first-order chi connectivity index (χ1) is 10.7. The second-order valence-corrected chi connectivity index (χ2v) is 6.05. The number of rotatable bonds is 2. The summed E-state index contributed by atoms with van der Waals surface area (Å²) in [6.45, 7) is 1.76. The van der Waals surface area contributed by atoms with Crippen LogP contribution in [0.1, 0.15) is 17.2 Å². The normalized spacial score (nSPS) is 18.0. The van der Waals surface area contributed by atoms with Crippen molar-refractivity contribution in [3.63, 3.8) is 0 Å². The molecular weight excluding hydrogens is 347 g/mol. The topological polar surface area (TPSA) is 36.3 Å². The maximum absolute atomic E-state index is 14.2. The van der Waals surface area contributed by atoms with E-state index in [0.29, 0.717) is 30.9 Å². The van der Waals surface area contributed by atoms with Crippen LogP contribution >= 0.6 is 15.9 Å². The minimum absolute atomic E-state index is 0.0862. The molecule has 0 bridgehead atoms. The monoisotopic (exact) mass is 360 g/mol. The van der Waals surface area contributed by atoms with Gasteiger partial charge in [-0.2, -0.15) is 5.26 Å². The zero-order chi connectivity index (χ0) is 15.5. The van der Waals surface area contributed by atoms with Crippen LogP contribution in [0.15, 0.2) is 46.9 Å². The number of hydrogen-bond donors (Lipinski definition) is 0. The molecule has 1 unspecified atom stereocenters. The van der Waals surface area contributed by atoms with Crippen molar-refractivity contribution in [2.75, 3.05) is 24.6 Å². The molecule has 0 amide bonds. The first-order valence-corrected chi connectivity index (χ1v) is 7.78. The Morgan fingerprint density at radius 3 is 2.68 bits per heavy atom. The van der Waals surface area contributed by atoms with Crippen molar-refractivity contribution in [3.05, 3.63) is 63.9 Å². The molecule has 0 aromatic heterocycles. The highest BCUT2D eigenvalue weighted by Crippen LogP contribution is 2.28. The van der Waals surface area contributed by atoms with Gasteiger partial charge in [0.25, 0.3) is 0 Å². The number of hydrogen-bond acceptors (Lipinski definition) is 3. The van der Waals surface area contributed by atoms with Crippen LogP contribution in [0.4, 0.5) is 10.1 Å². The number of nitrogens with zero attached hydrogens (tertiary/aromatic N) is 2. The van der Waals surface area contributed by atoms with Gasteiger partial charge in [-0.25, -0.2) is 4.39 Å². The summed E-state index contributed by atoms with van der Waals surface area (Å²) in [5.74, 6) is -0.365. The molecule has 1 aliphatic rings. The van der Waals surface area contributed by atoms with Crippen molar-refractivity contribution in [2.45, 2.75) is 6.10 Å². The van der Waals surface area contributed by atoms with Gasteiger partial charge < -0.3 is 9.64 Å². The second-order valence-electron chi connectivity index (χ2n) is 5.13. The fourth-order valence-electron chi connectivity index (χ4n) is 2.58. The molecule has 1 saturated heterocycles. The molecule has 2 aromatic carbocycles. The number of morpholine rings is 1. The molecule has 2 aromatic rings. The van der Waals surface area contributed by atoms with Crippen molar-refractivity contribution in [1.82, 2.24) is 0 Å². The van der Waals surface area contributed by atoms with Crippen molar-refractivity contribution < 1.29 is 9.13 Å². The molecule has 5 heteroatoms. The Morgan fingerprint density at radius 1 is 1.23 bits per heavy atom. The molecular formula is C17H14BrFN2O. The van der Waals surface area contributed by atoms with E-state index in [1.54, 1.807) is 12.1 Å². The highest BCUT2D eigenvalue weighted by atomic mass is 79.9. The molecule has 0 N–H and O–H groups in total. The molecule has 22 heavy (non-hydrogen) atoms. The highest BCUT2D eigenvalue weighted by Gasteiger charge is 2.24. The second kappa shape index (κ2) is 6.47. The van der Waals surface area contributed by atoms with Crippen molar-refractivity contribution in [1.29, 1.82) is 5.26 Å². The van der Waals surface area contributed by atoms with Gasteiger partial charge in [0.05, 0.1) is 23.9 Å². The van der Waals surface area contributed by atoms with Gasteiger partial charge in [-0.1, -0.05) is 28.1 Å². The van der Waals surface area contributed by atoms with Crippen LogP contribution in [0.3, 0.4) is 0 Å². The first-order valence-electron chi connectivity index (χ1n) is 6.99. The summed E-state index contributed by atoms with van der Waals surface area (Å²) in [6, 6.07) is 14.5. The third kappa shape index (κ3) is 3.13. The van der Waals surface area contributed by atoms with Gasteiger partial charge in [0, 0.05) is 17.6 Å². The zero-order valence-corrected chi connectivity index (χ0v) is 13.4. The van der Waals surface area contributed by atoms with Crippen molar-refractivity contribution in [2.24, 2.45) is 0 Å². The Balaban J connectivity index is 1.81. The van der Waals surface area contributed by atoms with Crippen LogP contribution < -0.4 is 4.90 Å². The van der Waals surface area contributed by atoms with E-state index in [1.165, 1.54) is 6.07 Å². The quantitative estimate of drug-likeness (QED) is 0.810. The van der Waals surface area contributed by atoms with Crippen molar-refractivity contribution >= 4 is 21.6 Å². The van der Waals surface area contributed by atoms with E-state index in [2.05, 4.69) is 15.9 Å². The highest BCUT2D eigenvalue weighted by molar-refractivity contribution is 9.10. The lowest BCUT2D eigenvalue weighted by molar-refractivity contribution is 0.0396. The first kappa shape index (κ1) is 15.0. The van der Waals surface area contributed by atoms with E-state index < -0.39 is 0 Å². The van der Waals surface area contributed by atoms with E-state index >= 15 is 0 Å². The van der Waals surface area contributed by atoms with Crippen LogP contribution in [-0.4, -0.2) is 19.7 Å². The summed E-state index contributed by atoms with van der Waals surface area (Å²) in [7, 11) is 0. The molecule has 1 atom stereocenters. The standard InChI is InChI=1S/C17H14BrFN2O/c18-14-4-2-13(3-5-14)17-11-21(7-8-22-17)16-6-1-12(10-20)9-15(16)19/h1-6,9,17H,7-8,11H2. The number of benzene rings is 2. The van der Waals surface area contributed by atoms with Crippen LogP contribution in [0, 0.1) is 17.1 Å². The molecule has 3 rings (SSSR count).